The van der Waals surface area contributed by atoms with Crippen molar-refractivity contribution >= 4 is 40.8 Å². The van der Waals surface area contributed by atoms with Crippen molar-refractivity contribution in [2.24, 2.45) is 0 Å². The lowest BCUT2D eigenvalue weighted by Gasteiger charge is -2.06. The Hall–Kier alpha value is -3.93. The Morgan fingerprint density at radius 1 is 1.00 bits per heavy atom. The number of halogens is 2. The van der Waals surface area contributed by atoms with Crippen LogP contribution < -0.4 is 10.6 Å². The molecule has 0 fully saturated rings. The molecule has 0 aliphatic rings. The van der Waals surface area contributed by atoms with Gasteiger partial charge in [0.15, 0.2) is 5.82 Å². The number of carbonyl (C=O) groups excluding carboxylic acids is 2. The molecule has 2 aromatic carbocycles. The van der Waals surface area contributed by atoms with Crippen LogP contribution in [0.2, 0.25) is 0 Å². The molecule has 1 aromatic heterocycles. The van der Waals surface area contributed by atoms with Gasteiger partial charge in [-0.1, -0.05) is 23.9 Å². The summed E-state index contributed by atoms with van der Waals surface area (Å²) >= 11 is 1.02. The Morgan fingerprint density at radius 3 is 2.45 bits per heavy atom. The van der Waals surface area contributed by atoms with E-state index in [1.165, 1.54) is 36.4 Å². The summed E-state index contributed by atoms with van der Waals surface area (Å²) < 4.78 is 27.0. The van der Waals surface area contributed by atoms with E-state index in [0.717, 1.165) is 30.0 Å². The zero-order valence-electron chi connectivity index (χ0n) is 15.5. The summed E-state index contributed by atoms with van der Waals surface area (Å²) in [6.07, 6.45) is 0. The molecule has 3 rings (SSSR count). The highest BCUT2D eigenvalue weighted by molar-refractivity contribution is 7.99. The summed E-state index contributed by atoms with van der Waals surface area (Å²) in [5, 5.41) is 23.6. The zero-order chi connectivity index (χ0) is 22.4. The van der Waals surface area contributed by atoms with Crippen molar-refractivity contribution < 1.29 is 23.3 Å². The fraction of sp³-hybridized carbons (Fsp3) is 0.0526. The van der Waals surface area contributed by atoms with E-state index in [-0.39, 0.29) is 22.8 Å². The maximum absolute atomic E-state index is 13.6. The molecule has 2 N–H and O–H groups in total. The molecule has 0 bridgehead atoms. The highest BCUT2D eigenvalue weighted by Crippen LogP contribution is 2.22. The summed E-state index contributed by atoms with van der Waals surface area (Å²) in [5.41, 5.74) is -0.805. The van der Waals surface area contributed by atoms with Gasteiger partial charge in [0.05, 0.1) is 16.2 Å². The molecule has 0 unspecified atom stereocenters. The maximum atomic E-state index is 13.6. The molecule has 31 heavy (non-hydrogen) atoms. The number of thioether (sulfide) groups is 1. The number of nitro groups is 1. The number of hydrogen-bond acceptors (Lipinski definition) is 7. The first-order valence-corrected chi connectivity index (χ1v) is 9.58. The molecule has 0 saturated carbocycles. The highest BCUT2D eigenvalue weighted by atomic mass is 32.2. The van der Waals surface area contributed by atoms with Crippen LogP contribution in [0.4, 0.5) is 26.0 Å². The van der Waals surface area contributed by atoms with Crippen LogP contribution in [0.25, 0.3) is 0 Å². The monoisotopic (exact) mass is 445 g/mol. The number of hydrogen-bond donors (Lipinski definition) is 2. The second kappa shape index (κ2) is 9.71. The van der Waals surface area contributed by atoms with E-state index in [1.807, 2.05) is 0 Å². The van der Waals surface area contributed by atoms with Crippen LogP contribution >= 0.6 is 11.8 Å². The van der Waals surface area contributed by atoms with Crippen molar-refractivity contribution in [3.63, 3.8) is 0 Å². The van der Waals surface area contributed by atoms with Crippen molar-refractivity contribution in [2.75, 3.05) is 16.4 Å². The molecule has 12 heteroatoms. The summed E-state index contributed by atoms with van der Waals surface area (Å²) in [6.45, 7) is 0. The van der Waals surface area contributed by atoms with E-state index in [1.54, 1.807) is 0 Å². The zero-order valence-corrected chi connectivity index (χ0v) is 16.4. The molecular weight excluding hydrogens is 432 g/mol. The lowest BCUT2D eigenvalue weighted by atomic mass is 10.2. The Balaban J connectivity index is 1.54. The van der Waals surface area contributed by atoms with Crippen LogP contribution in [0.5, 0.6) is 0 Å². The molecular formula is C19H13F2N5O4S. The molecule has 1 heterocycles. The Bertz CT molecular complexity index is 1140. The van der Waals surface area contributed by atoms with Gasteiger partial charge in [-0.25, -0.2) is 4.39 Å². The summed E-state index contributed by atoms with van der Waals surface area (Å²) in [6, 6.07) is 11.4. The van der Waals surface area contributed by atoms with Gasteiger partial charge in [-0.3, -0.25) is 19.7 Å². The molecule has 9 nitrogen and oxygen atoms in total. The quantitative estimate of drug-likeness (QED) is 0.323. The number of carbonyl (C=O) groups is 2. The van der Waals surface area contributed by atoms with Crippen molar-refractivity contribution in [1.82, 2.24) is 10.2 Å². The normalized spacial score (nSPS) is 10.4. The van der Waals surface area contributed by atoms with Gasteiger partial charge in [0.2, 0.25) is 11.7 Å². The highest BCUT2D eigenvalue weighted by Gasteiger charge is 2.16. The maximum Gasteiger partial charge on any atom is 0.306 e. The van der Waals surface area contributed by atoms with Crippen molar-refractivity contribution in [3.05, 3.63) is 81.9 Å². The van der Waals surface area contributed by atoms with Crippen LogP contribution in [-0.2, 0) is 4.79 Å². The Labute approximate surface area is 178 Å². The third-order valence-corrected chi connectivity index (χ3v) is 4.70. The molecule has 0 aliphatic heterocycles. The van der Waals surface area contributed by atoms with Gasteiger partial charge in [0.1, 0.15) is 10.8 Å². The van der Waals surface area contributed by atoms with Gasteiger partial charge in [-0.15, -0.1) is 10.2 Å². The minimum absolute atomic E-state index is 0.0796. The molecule has 3 aromatic rings. The second-order valence-electron chi connectivity index (χ2n) is 5.95. The summed E-state index contributed by atoms with van der Waals surface area (Å²) in [7, 11) is 0. The van der Waals surface area contributed by atoms with Gasteiger partial charge in [-0.05, 0) is 36.4 Å². The first-order chi connectivity index (χ1) is 14.8. The second-order valence-corrected chi connectivity index (χ2v) is 6.95. The van der Waals surface area contributed by atoms with E-state index in [9.17, 15) is 28.5 Å². The average Bonchev–Trinajstić information content (AvgIpc) is 2.74. The number of rotatable bonds is 7. The lowest BCUT2D eigenvalue weighted by Crippen LogP contribution is -2.15. The van der Waals surface area contributed by atoms with Crippen molar-refractivity contribution in [3.8, 4) is 0 Å². The minimum atomic E-state index is -1.00. The SMILES string of the molecule is O=C(CSc1ccc(NC(=O)c2ccccc2F)nn1)Nc1ccc(F)c([N+](=O)[O-])c1. The Morgan fingerprint density at radius 2 is 1.77 bits per heavy atom. The first kappa shape index (κ1) is 21.8. The van der Waals surface area contributed by atoms with Gasteiger partial charge in [-0.2, -0.15) is 4.39 Å². The number of anilines is 2. The smallest absolute Gasteiger partial charge is 0.306 e. The molecule has 0 atom stereocenters. The summed E-state index contributed by atoms with van der Waals surface area (Å²) in [5.74, 6) is -2.85. The van der Waals surface area contributed by atoms with Crippen LogP contribution in [0, 0.1) is 21.7 Å². The van der Waals surface area contributed by atoms with E-state index in [0.29, 0.717) is 5.03 Å². The number of nitrogens with zero attached hydrogens (tertiary/aromatic N) is 3. The molecule has 0 saturated heterocycles. The van der Waals surface area contributed by atoms with E-state index in [4.69, 9.17) is 0 Å². The fourth-order valence-corrected chi connectivity index (χ4v) is 2.97. The molecule has 0 aliphatic carbocycles. The molecule has 0 radical (unpaired) electrons. The van der Waals surface area contributed by atoms with Crippen molar-refractivity contribution in [2.45, 2.75) is 5.03 Å². The number of amides is 2. The molecule has 158 valence electrons. The number of nitrogens with one attached hydrogen (secondary N) is 2. The number of nitro benzene ring substituents is 1. The summed E-state index contributed by atoms with van der Waals surface area (Å²) in [4.78, 5) is 33.9. The van der Waals surface area contributed by atoms with Gasteiger partial charge >= 0.3 is 5.69 Å². The van der Waals surface area contributed by atoms with Crippen LogP contribution in [-0.4, -0.2) is 32.7 Å². The van der Waals surface area contributed by atoms with Crippen LogP contribution in [0.3, 0.4) is 0 Å². The van der Waals surface area contributed by atoms with Crippen LogP contribution in [0.1, 0.15) is 10.4 Å². The lowest BCUT2D eigenvalue weighted by molar-refractivity contribution is -0.387. The number of benzene rings is 2. The van der Waals surface area contributed by atoms with Gasteiger partial charge < -0.3 is 10.6 Å². The van der Waals surface area contributed by atoms with Crippen molar-refractivity contribution in [1.29, 1.82) is 0 Å². The topological polar surface area (TPSA) is 127 Å². The van der Waals surface area contributed by atoms with Gasteiger partial charge in [0, 0.05) is 11.8 Å². The number of aromatic nitrogens is 2. The van der Waals surface area contributed by atoms with Crippen LogP contribution in [0.15, 0.2) is 59.6 Å². The average molecular weight is 445 g/mol. The third kappa shape index (κ3) is 5.79. The van der Waals surface area contributed by atoms with E-state index in [2.05, 4.69) is 20.8 Å². The molecule has 0 spiro atoms. The van der Waals surface area contributed by atoms with E-state index >= 15 is 0 Å². The Kier molecular flexibility index (Phi) is 6.82. The third-order valence-electron chi connectivity index (χ3n) is 3.78. The predicted molar refractivity (Wildman–Crippen MR) is 109 cm³/mol. The standard InChI is InChI=1S/C19H13F2N5O4S/c20-13-4-2-1-3-12(13)19(28)23-16-7-8-18(25-24-16)31-10-17(27)22-11-5-6-14(21)15(9-11)26(29)30/h1-9H,10H2,(H,22,27)(H,23,24,28). The predicted octanol–water partition coefficient (Wildman–Crippen LogP) is 3.65. The van der Waals surface area contributed by atoms with E-state index < -0.39 is 34.1 Å². The fourth-order valence-electron chi connectivity index (χ4n) is 2.36. The van der Waals surface area contributed by atoms with Gasteiger partial charge in [0.25, 0.3) is 5.91 Å². The molecule has 2 amide bonds. The largest absolute Gasteiger partial charge is 0.325 e. The minimum Gasteiger partial charge on any atom is -0.325 e. The first-order valence-electron chi connectivity index (χ1n) is 8.59.